The molecular weight excluding hydrogens is 497 g/mol. The van der Waals surface area contributed by atoms with Gasteiger partial charge in [-0.2, -0.15) is 0 Å². The third-order valence-corrected chi connectivity index (χ3v) is 27.5. The average molecular weight is 551 g/mol. The van der Waals surface area contributed by atoms with Crippen LogP contribution >= 0.6 is 0 Å². The van der Waals surface area contributed by atoms with Crippen LogP contribution in [0, 0.1) is 17.8 Å². The van der Waals surface area contributed by atoms with Crippen LogP contribution in [0.1, 0.15) is 25.7 Å². The maximum Gasteiger partial charge on any atom is 0.311 e. The van der Waals surface area contributed by atoms with E-state index in [2.05, 4.69) is 85.1 Å². The van der Waals surface area contributed by atoms with Gasteiger partial charge in [0.25, 0.3) is 9.28 Å². The van der Waals surface area contributed by atoms with Crippen molar-refractivity contribution in [2.45, 2.75) is 122 Å². The van der Waals surface area contributed by atoms with Crippen molar-refractivity contribution in [3.05, 3.63) is 0 Å². The summed E-state index contributed by atoms with van der Waals surface area (Å²) in [6.07, 6.45) is 5.64. The molecule has 10 heteroatoms. The number of fused-ring (bicyclic) bond motifs is 2. The SMILES string of the molecule is C[SiH](O[Si](C)(C)C)O[Si](C)(C)CCC1CC2CC1C([Si](C)(C)O[Si](C)(C)O[Si](C)(C)C)C2. The molecule has 0 N–H and O–H groups in total. The summed E-state index contributed by atoms with van der Waals surface area (Å²) in [7, 11) is -10.1. The molecule has 2 aliphatic rings. The fourth-order valence-electron chi connectivity index (χ4n) is 6.66. The molecule has 0 aliphatic heterocycles. The second kappa shape index (κ2) is 10.3. The maximum absolute atomic E-state index is 7.00. The molecule has 0 aromatic heterocycles. The first-order valence-corrected chi connectivity index (χ1v) is 30.8. The van der Waals surface area contributed by atoms with Gasteiger partial charge in [0.2, 0.25) is 0 Å². The Kier molecular flexibility index (Phi) is 9.41. The molecule has 0 spiro atoms. The van der Waals surface area contributed by atoms with E-state index in [1.165, 1.54) is 31.7 Å². The summed E-state index contributed by atoms with van der Waals surface area (Å²) in [6, 6.07) is 1.28. The van der Waals surface area contributed by atoms with Crippen molar-refractivity contribution >= 4 is 51.1 Å². The molecule has 5 atom stereocenters. The summed E-state index contributed by atoms with van der Waals surface area (Å²) < 4.78 is 26.5. The largest absolute Gasteiger partial charge is 0.439 e. The van der Waals surface area contributed by atoms with Gasteiger partial charge in [-0.3, -0.25) is 0 Å². The molecule has 2 saturated carbocycles. The predicted molar refractivity (Wildman–Crippen MR) is 154 cm³/mol. The third-order valence-electron chi connectivity index (χ3n) is 7.03. The quantitative estimate of drug-likeness (QED) is 0.236. The van der Waals surface area contributed by atoms with Crippen LogP contribution in [0.15, 0.2) is 0 Å². The third kappa shape index (κ3) is 9.30. The molecule has 0 heterocycles. The van der Waals surface area contributed by atoms with E-state index in [9.17, 15) is 0 Å². The van der Waals surface area contributed by atoms with Crippen LogP contribution in [-0.2, 0) is 16.5 Å². The Labute approximate surface area is 207 Å². The standard InChI is InChI=1S/C22H54O4Si6/c1-27(23-28(2,3)4)24-30(8,9)15-14-20-16-19-17-21(20)22(18-19)31(10,11)26-32(12,13)25-29(5,6)7/h19-22,27H,14-18H2,1-13H3. The Morgan fingerprint density at radius 1 is 0.719 bits per heavy atom. The van der Waals surface area contributed by atoms with Crippen LogP contribution < -0.4 is 0 Å². The summed E-state index contributed by atoms with van der Waals surface area (Å²) in [5.41, 5.74) is 0.803. The molecule has 0 saturated heterocycles. The summed E-state index contributed by atoms with van der Waals surface area (Å²) in [4.78, 5) is 0. The molecule has 190 valence electrons. The second-order valence-corrected chi connectivity index (χ2v) is 38.0. The molecule has 0 amide bonds. The summed E-state index contributed by atoms with van der Waals surface area (Å²) in [5, 5.41) is 0. The Morgan fingerprint density at radius 2 is 1.31 bits per heavy atom. The first-order valence-electron chi connectivity index (χ1n) is 12.9. The van der Waals surface area contributed by atoms with Crippen LogP contribution in [0.4, 0.5) is 0 Å². The van der Waals surface area contributed by atoms with Gasteiger partial charge in [-0.15, -0.1) is 0 Å². The maximum atomic E-state index is 7.00. The Hall–Kier alpha value is 1.14. The van der Waals surface area contributed by atoms with Gasteiger partial charge in [-0.05, 0) is 134 Å². The van der Waals surface area contributed by atoms with Crippen molar-refractivity contribution in [2.24, 2.45) is 17.8 Å². The lowest BCUT2D eigenvalue weighted by molar-refractivity contribution is 0.292. The molecule has 0 radical (unpaired) electrons. The first kappa shape index (κ1) is 29.4. The molecule has 0 aromatic carbocycles. The zero-order valence-electron chi connectivity index (χ0n) is 23.6. The summed E-state index contributed by atoms with van der Waals surface area (Å²) in [5.74, 6) is 2.68. The number of hydrogen-bond acceptors (Lipinski definition) is 4. The van der Waals surface area contributed by atoms with Crippen LogP contribution in [0.5, 0.6) is 0 Å². The zero-order chi connectivity index (χ0) is 24.8. The normalized spacial score (nSPS) is 28.4. The fraction of sp³-hybridized carbons (Fsp3) is 1.00. The number of hydrogen-bond donors (Lipinski definition) is 0. The lowest BCUT2D eigenvalue weighted by Crippen LogP contribution is -2.54. The molecular formula is C22H54O4Si6. The van der Waals surface area contributed by atoms with Gasteiger partial charge in [0.1, 0.15) is 0 Å². The Morgan fingerprint density at radius 3 is 1.81 bits per heavy atom. The molecule has 0 aromatic rings. The summed E-state index contributed by atoms with van der Waals surface area (Å²) in [6.45, 7) is 30.3. The van der Waals surface area contributed by atoms with Gasteiger partial charge < -0.3 is 16.5 Å². The molecule has 2 bridgehead atoms. The van der Waals surface area contributed by atoms with Crippen molar-refractivity contribution in [1.82, 2.24) is 0 Å². The van der Waals surface area contributed by atoms with Crippen molar-refractivity contribution in [3.8, 4) is 0 Å². The number of rotatable bonds is 12. The Balaban J connectivity index is 1.95. The van der Waals surface area contributed by atoms with E-state index in [0.29, 0.717) is 0 Å². The van der Waals surface area contributed by atoms with Gasteiger partial charge in [0.05, 0.1) is 0 Å². The minimum atomic E-state index is -2.07. The van der Waals surface area contributed by atoms with Gasteiger partial charge in [-0.1, -0.05) is 6.42 Å². The fourth-order valence-corrected chi connectivity index (χ4v) is 30.9. The van der Waals surface area contributed by atoms with E-state index >= 15 is 0 Å². The highest BCUT2D eigenvalue weighted by Crippen LogP contribution is 2.59. The molecule has 5 unspecified atom stereocenters. The zero-order valence-corrected chi connectivity index (χ0v) is 29.7. The van der Waals surface area contributed by atoms with Gasteiger partial charge in [0, 0.05) is 0 Å². The summed E-state index contributed by atoms with van der Waals surface area (Å²) >= 11 is 0. The topological polar surface area (TPSA) is 36.9 Å². The molecule has 2 fully saturated rings. The smallest absolute Gasteiger partial charge is 0.311 e. The van der Waals surface area contributed by atoms with E-state index in [-0.39, 0.29) is 0 Å². The minimum absolute atomic E-state index is 0.803. The Bertz CT molecular complexity index is 629. The van der Waals surface area contributed by atoms with Crippen molar-refractivity contribution in [1.29, 1.82) is 0 Å². The average Bonchev–Trinajstić information content (AvgIpc) is 3.07. The highest BCUT2D eigenvalue weighted by atomic mass is 28.5. The monoisotopic (exact) mass is 550 g/mol. The van der Waals surface area contributed by atoms with E-state index in [1.54, 1.807) is 0 Å². The van der Waals surface area contributed by atoms with Crippen LogP contribution in [0.3, 0.4) is 0 Å². The van der Waals surface area contributed by atoms with Gasteiger partial charge >= 0.3 is 8.56 Å². The highest BCUT2D eigenvalue weighted by Gasteiger charge is 2.54. The van der Waals surface area contributed by atoms with Gasteiger partial charge in [-0.25, -0.2) is 0 Å². The molecule has 32 heavy (non-hydrogen) atoms. The lowest BCUT2D eigenvalue weighted by Gasteiger charge is -2.44. The minimum Gasteiger partial charge on any atom is -0.439 e. The van der Waals surface area contributed by atoms with Crippen LogP contribution in [-0.4, -0.2) is 51.1 Å². The van der Waals surface area contributed by atoms with Crippen LogP contribution in [0.25, 0.3) is 0 Å². The van der Waals surface area contributed by atoms with Crippen molar-refractivity contribution < 1.29 is 16.5 Å². The second-order valence-electron chi connectivity index (χ2n) is 14.1. The molecule has 2 rings (SSSR count). The van der Waals surface area contributed by atoms with Crippen LogP contribution in [0.2, 0.25) is 96.7 Å². The van der Waals surface area contributed by atoms with E-state index < -0.39 is 51.1 Å². The van der Waals surface area contributed by atoms with E-state index in [1.807, 2.05) is 0 Å². The first-order chi connectivity index (χ1) is 14.2. The van der Waals surface area contributed by atoms with E-state index in [4.69, 9.17) is 16.5 Å². The van der Waals surface area contributed by atoms with E-state index in [0.717, 1.165) is 23.3 Å². The van der Waals surface area contributed by atoms with Crippen molar-refractivity contribution in [2.75, 3.05) is 0 Å². The highest BCUT2D eigenvalue weighted by molar-refractivity contribution is 6.88. The predicted octanol–water partition coefficient (Wildman–Crippen LogP) is 7.49. The van der Waals surface area contributed by atoms with Crippen molar-refractivity contribution in [3.63, 3.8) is 0 Å². The molecule has 2 aliphatic carbocycles. The molecule has 4 nitrogen and oxygen atoms in total. The van der Waals surface area contributed by atoms with Gasteiger partial charge in [0.15, 0.2) is 33.3 Å². The lowest BCUT2D eigenvalue weighted by atomic mass is 9.86.